The molecule has 222 valence electrons. The number of aromatic nitrogens is 1. The fraction of sp³-hybridized carbons (Fsp3) is 0.450. The first kappa shape index (κ1) is 30.9. The fourth-order valence-corrected chi connectivity index (χ4v) is 4.60. The molecule has 0 unspecified atom stereocenters. The van der Waals surface area contributed by atoms with Gasteiger partial charge in [0.1, 0.15) is 11.6 Å². The van der Waals surface area contributed by atoms with E-state index >= 15 is 0 Å². The van der Waals surface area contributed by atoms with Crippen molar-refractivity contribution < 1.29 is 51.9 Å². The van der Waals surface area contributed by atoms with Gasteiger partial charge in [0.05, 0.1) is 0 Å². The highest BCUT2D eigenvalue weighted by Gasteiger charge is 2.48. The third-order valence-corrected chi connectivity index (χ3v) is 7.31. The monoisotopic (exact) mass is 616 g/mol. The molecule has 7 amide bonds. The average molecular weight is 617 g/mol. The Morgan fingerprint density at radius 1 is 1.15 bits per heavy atom. The van der Waals surface area contributed by atoms with Gasteiger partial charge in [0.25, 0.3) is 0 Å². The number of urea groups is 2. The Kier molecular flexibility index (Phi) is 8.62. The molecule has 3 rings (SSSR count). The van der Waals surface area contributed by atoms with E-state index in [1.807, 2.05) is 0 Å². The highest BCUT2D eigenvalue weighted by Crippen LogP contribution is 2.23. The van der Waals surface area contributed by atoms with Crippen LogP contribution in [-0.4, -0.2) is 112 Å². The predicted molar refractivity (Wildman–Crippen MR) is 136 cm³/mol. The van der Waals surface area contributed by atoms with E-state index in [4.69, 9.17) is 10.6 Å². The van der Waals surface area contributed by atoms with Crippen LogP contribution in [0.15, 0.2) is 10.5 Å². The molecule has 0 aliphatic carbocycles. The molecule has 2 saturated heterocycles. The summed E-state index contributed by atoms with van der Waals surface area (Å²) in [5, 5.41) is 14.1. The lowest BCUT2D eigenvalue weighted by Crippen LogP contribution is -2.64. The molecule has 1 aromatic rings. The number of likely N-dealkylation sites (tertiary alicyclic amines) is 1. The molecule has 1 aromatic heterocycles. The molecule has 0 aromatic carbocycles. The number of oxime groups is 1. The Morgan fingerprint density at radius 2 is 1.76 bits per heavy atom. The van der Waals surface area contributed by atoms with E-state index in [9.17, 15) is 47.1 Å². The van der Waals surface area contributed by atoms with Crippen molar-refractivity contribution in [3.05, 3.63) is 11.1 Å². The summed E-state index contributed by atoms with van der Waals surface area (Å²) >= 11 is 0.912. The summed E-state index contributed by atoms with van der Waals surface area (Å²) in [7, 11) is -4.98. The molecule has 1 atom stereocenters. The van der Waals surface area contributed by atoms with Gasteiger partial charge in [-0.2, -0.15) is 8.42 Å². The number of nitrogens with two attached hydrogens (primary N) is 1. The Bertz CT molecular complexity index is 1470. The van der Waals surface area contributed by atoms with Gasteiger partial charge < -0.3 is 20.6 Å². The molecular formula is C20H24N8O11S2. The molecule has 2 aliphatic heterocycles. The summed E-state index contributed by atoms with van der Waals surface area (Å²) in [6, 6.07) is -3.03. The van der Waals surface area contributed by atoms with E-state index < -0.39 is 75.5 Å². The van der Waals surface area contributed by atoms with Crippen molar-refractivity contribution in [1.82, 2.24) is 29.1 Å². The molecule has 3 heterocycles. The normalized spacial score (nSPS) is 18.1. The van der Waals surface area contributed by atoms with E-state index in [2.05, 4.69) is 10.1 Å². The van der Waals surface area contributed by atoms with Crippen LogP contribution >= 0.6 is 11.3 Å². The van der Waals surface area contributed by atoms with E-state index in [1.54, 1.807) is 6.92 Å². The van der Waals surface area contributed by atoms with Crippen LogP contribution in [0, 0.1) is 5.92 Å². The van der Waals surface area contributed by atoms with Crippen molar-refractivity contribution in [3.8, 4) is 0 Å². The number of rotatable bonds is 9. The van der Waals surface area contributed by atoms with Gasteiger partial charge in [-0.25, -0.2) is 28.8 Å². The van der Waals surface area contributed by atoms with E-state index in [0.29, 0.717) is 9.80 Å². The standard InChI is InChI=1S/C20H24N8O11S2/c1-4-26-5-6-27(15(32)14(26)31)18(35)24-41(37,38)25-19(36)28-7-9(13(28)30)12(29)11(10-8-40-17(21)22-10)23-39-20(2,3)16(33)34/h8-9H,4-7H2,1-3H3,(H2,21,22)(H,24,35)(H,25,36)(H,33,34)/t9-/m0/s1. The first-order valence-corrected chi connectivity index (χ1v) is 13.9. The van der Waals surface area contributed by atoms with Crippen LogP contribution in [0.1, 0.15) is 26.5 Å². The number of nitrogens with zero attached hydrogens (tertiary/aromatic N) is 5. The van der Waals surface area contributed by atoms with Gasteiger partial charge in [-0.15, -0.1) is 11.3 Å². The van der Waals surface area contributed by atoms with Crippen LogP contribution in [0.4, 0.5) is 14.7 Å². The number of thiazole rings is 1. The Hall–Kier alpha value is -4.66. The average Bonchev–Trinajstić information content (AvgIpc) is 3.29. The number of likely N-dealkylation sites (N-methyl/N-ethyl adjacent to an activating group) is 1. The lowest BCUT2D eigenvalue weighted by molar-refractivity contribution is -0.161. The number of piperazine rings is 1. The van der Waals surface area contributed by atoms with Gasteiger partial charge in [0.2, 0.25) is 17.3 Å². The zero-order valence-electron chi connectivity index (χ0n) is 21.6. The minimum Gasteiger partial charge on any atom is -0.478 e. The number of carbonyl (C=O) groups excluding carboxylic acids is 6. The lowest BCUT2D eigenvalue weighted by Gasteiger charge is -2.35. The minimum atomic E-state index is -4.98. The maximum absolute atomic E-state index is 13.1. The number of ketones is 1. The van der Waals surface area contributed by atoms with Gasteiger partial charge in [0.15, 0.2) is 10.8 Å². The fourth-order valence-electron chi connectivity index (χ4n) is 3.32. The Balaban J connectivity index is 1.66. The lowest BCUT2D eigenvalue weighted by atomic mass is 9.90. The van der Waals surface area contributed by atoms with Crippen molar-refractivity contribution in [1.29, 1.82) is 0 Å². The topological polar surface area (TPSA) is 268 Å². The van der Waals surface area contributed by atoms with E-state index in [1.165, 1.54) is 14.8 Å². The molecule has 5 N–H and O–H groups in total. The number of carboxylic acid groups (broad SMARTS) is 1. The summed E-state index contributed by atoms with van der Waals surface area (Å²) in [6.45, 7) is 3.14. The molecule has 21 heteroatoms. The number of β-lactam (4-membered cyclic amide) rings is 1. The van der Waals surface area contributed by atoms with Gasteiger partial charge in [-0.3, -0.25) is 29.0 Å². The maximum Gasteiger partial charge on any atom is 0.350 e. The van der Waals surface area contributed by atoms with Gasteiger partial charge in [-0.05, 0) is 20.8 Å². The van der Waals surface area contributed by atoms with E-state index in [-0.39, 0.29) is 30.5 Å². The Labute approximate surface area is 235 Å². The van der Waals surface area contributed by atoms with Crippen LogP contribution in [-0.2, 0) is 39.0 Å². The number of aliphatic carboxylic acids is 1. The van der Waals surface area contributed by atoms with Crippen LogP contribution < -0.4 is 15.2 Å². The smallest absolute Gasteiger partial charge is 0.350 e. The van der Waals surface area contributed by atoms with Crippen molar-refractivity contribution in [3.63, 3.8) is 0 Å². The van der Waals surface area contributed by atoms with Crippen molar-refractivity contribution in [2.45, 2.75) is 26.4 Å². The van der Waals surface area contributed by atoms with E-state index in [0.717, 1.165) is 30.1 Å². The third kappa shape index (κ3) is 6.57. The highest BCUT2D eigenvalue weighted by molar-refractivity contribution is 7.88. The number of Topliss-reactive ketones (excluding diaryl/α,β-unsaturated/α-hetero) is 1. The van der Waals surface area contributed by atoms with Gasteiger partial charge in [-0.1, -0.05) is 5.16 Å². The van der Waals surface area contributed by atoms with Crippen molar-refractivity contribution in [2.75, 3.05) is 31.9 Å². The molecule has 19 nitrogen and oxygen atoms in total. The molecule has 0 spiro atoms. The molecule has 2 aliphatic rings. The number of nitrogen functional groups attached to an aromatic ring is 1. The molecule has 41 heavy (non-hydrogen) atoms. The predicted octanol–water partition coefficient (Wildman–Crippen LogP) is -2.31. The summed E-state index contributed by atoms with van der Waals surface area (Å²) in [6.07, 6.45) is 0. The van der Waals surface area contributed by atoms with Gasteiger partial charge >= 0.3 is 40.1 Å². The molecule has 0 radical (unpaired) electrons. The molecular weight excluding hydrogens is 592 g/mol. The molecule has 0 saturated carbocycles. The number of carboxylic acids is 1. The maximum atomic E-state index is 13.1. The van der Waals surface area contributed by atoms with Crippen molar-refractivity contribution in [2.24, 2.45) is 11.1 Å². The number of hydrogen-bond donors (Lipinski definition) is 4. The summed E-state index contributed by atoms with van der Waals surface area (Å²) < 4.78 is 27.4. The van der Waals surface area contributed by atoms with Crippen LogP contribution in [0.2, 0.25) is 0 Å². The zero-order valence-corrected chi connectivity index (χ0v) is 23.3. The highest BCUT2D eigenvalue weighted by atomic mass is 32.2. The Morgan fingerprint density at radius 3 is 2.27 bits per heavy atom. The second kappa shape index (κ2) is 11.4. The largest absolute Gasteiger partial charge is 0.478 e. The first-order valence-electron chi connectivity index (χ1n) is 11.5. The van der Waals surface area contributed by atoms with Crippen LogP contribution in [0.25, 0.3) is 0 Å². The molecule has 2 fully saturated rings. The number of imide groups is 2. The van der Waals surface area contributed by atoms with Crippen LogP contribution in [0.5, 0.6) is 0 Å². The first-order chi connectivity index (χ1) is 19.0. The summed E-state index contributed by atoms with van der Waals surface area (Å²) in [5.41, 5.74) is 3.01. The summed E-state index contributed by atoms with van der Waals surface area (Å²) in [4.78, 5) is 96.4. The van der Waals surface area contributed by atoms with Gasteiger partial charge in [0, 0.05) is 31.6 Å². The number of amides is 7. The quantitative estimate of drug-likeness (QED) is 0.0748. The second-order valence-electron chi connectivity index (χ2n) is 8.94. The summed E-state index contributed by atoms with van der Waals surface area (Å²) in [5.74, 6) is -7.42. The minimum absolute atomic E-state index is 0.0181. The van der Waals surface area contributed by atoms with Crippen LogP contribution in [0.3, 0.4) is 0 Å². The number of carbonyl (C=O) groups is 7. The SMILES string of the molecule is CCN1CCN(C(=O)NS(=O)(=O)NC(=O)N2C[C@@H](C(=O)C(=NOC(C)(C)C(=O)O)c3csc(N)n3)C2=O)C(=O)C1=O. The second-order valence-corrected chi connectivity index (χ2v) is 11.2. The number of hydrogen-bond acceptors (Lipinski definition) is 14. The van der Waals surface area contributed by atoms with Crippen molar-refractivity contribution >= 4 is 73.9 Å². The molecule has 0 bridgehead atoms. The zero-order chi connectivity index (χ0) is 30.9. The number of anilines is 1. The number of nitrogens with one attached hydrogen (secondary N) is 2. The third-order valence-electron chi connectivity index (χ3n) is 5.75.